The molecule has 1 heterocycles. The molecule has 2 amide bonds. The molecule has 6 heteroatoms. The summed E-state index contributed by atoms with van der Waals surface area (Å²) in [7, 11) is 0. The van der Waals surface area contributed by atoms with Crippen molar-refractivity contribution in [3.8, 4) is 11.3 Å². The molecule has 1 aromatic heterocycles. The minimum atomic E-state index is -0.0784. The number of imidazole rings is 1. The fraction of sp³-hybridized carbons (Fsp3) is 0.429. The van der Waals surface area contributed by atoms with E-state index in [4.69, 9.17) is 4.74 Å². The number of nitrogens with one attached hydrogen (secondary N) is 1. The number of hydrogen-bond donors (Lipinski definition) is 1. The Balaban J connectivity index is 1.49. The zero-order valence-electron chi connectivity index (χ0n) is 20.7. The van der Waals surface area contributed by atoms with E-state index in [1.165, 1.54) is 0 Å². The van der Waals surface area contributed by atoms with Gasteiger partial charge in [-0.1, -0.05) is 68.3 Å². The Kier molecular flexibility index (Phi) is 10.2. The third kappa shape index (κ3) is 7.45. The largest absolute Gasteiger partial charge is 0.377 e. The fourth-order valence-electron chi connectivity index (χ4n) is 3.96. The Bertz CT molecular complexity index is 988. The highest BCUT2D eigenvalue weighted by Gasteiger charge is 2.18. The van der Waals surface area contributed by atoms with Crippen LogP contribution >= 0.6 is 0 Å². The van der Waals surface area contributed by atoms with Gasteiger partial charge in [0, 0.05) is 36.6 Å². The molecule has 0 bridgehead atoms. The zero-order chi connectivity index (χ0) is 24.2. The van der Waals surface area contributed by atoms with Crippen LogP contribution in [0.25, 0.3) is 11.3 Å². The lowest BCUT2D eigenvalue weighted by atomic mass is 10.1. The number of carbonyl (C=O) groups is 1. The summed E-state index contributed by atoms with van der Waals surface area (Å²) in [5.74, 6) is 0. The smallest absolute Gasteiger partial charge is 0.321 e. The number of para-hydroxylation sites is 1. The van der Waals surface area contributed by atoms with Crippen molar-refractivity contribution in [2.45, 2.75) is 59.1 Å². The van der Waals surface area contributed by atoms with Crippen LogP contribution in [-0.2, 0) is 11.3 Å². The van der Waals surface area contributed by atoms with Gasteiger partial charge in [-0.25, -0.2) is 9.78 Å². The number of ether oxygens (including phenoxy) is 1. The van der Waals surface area contributed by atoms with E-state index in [-0.39, 0.29) is 12.1 Å². The first-order valence-electron chi connectivity index (χ1n) is 12.4. The average Bonchev–Trinajstić information content (AvgIpc) is 3.24. The molecule has 34 heavy (non-hydrogen) atoms. The second-order valence-electron chi connectivity index (χ2n) is 8.66. The number of carbonyl (C=O) groups excluding carboxylic acids is 1. The van der Waals surface area contributed by atoms with Crippen LogP contribution < -0.4 is 10.2 Å². The Morgan fingerprint density at radius 2 is 1.76 bits per heavy atom. The molecule has 0 saturated heterocycles. The third-order valence-corrected chi connectivity index (χ3v) is 5.90. The lowest BCUT2D eigenvalue weighted by Gasteiger charge is -2.26. The molecule has 2 aromatic carbocycles. The summed E-state index contributed by atoms with van der Waals surface area (Å²) in [6, 6.07) is 20.0. The molecule has 1 atom stereocenters. The molecule has 0 radical (unpaired) electrons. The van der Waals surface area contributed by atoms with Crippen molar-refractivity contribution in [1.29, 1.82) is 0 Å². The maximum absolute atomic E-state index is 12.9. The number of anilines is 1. The highest BCUT2D eigenvalue weighted by molar-refractivity contribution is 5.91. The van der Waals surface area contributed by atoms with E-state index >= 15 is 0 Å². The first-order valence-corrected chi connectivity index (χ1v) is 12.4. The van der Waals surface area contributed by atoms with Crippen LogP contribution in [0, 0.1) is 6.92 Å². The van der Waals surface area contributed by atoms with Gasteiger partial charge in [-0.2, -0.15) is 0 Å². The van der Waals surface area contributed by atoms with Crippen LogP contribution in [0.5, 0.6) is 0 Å². The molecule has 1 unspecified atom stereocenters. The van der Waals surface area contributed by atoms with Crippen LogP contribution in [-0.4, -0.2) is 41.4 Å². The van der Waals surface area contributed by atoms with E-state index in [0.29, 0.717) is 19.7 Å². The number of aryl methyl sites for hydroxylation is 1. The van der Waals surface area contributed by atoms with E-state index in [1.807, 2.05) is 61.8 Å². The summed E-state index contributed by atoms with van der Waals surface area (Å²) in [4.78, 5) is 19.2. The topological polar surface area (TPSA) is 59.4 Å². The minimum absolute atomic E-state index is 0.0692. The molecule has 0 spiro atoms. The molecule has 0 fully saturated rings. The summed E-state index contributed by atoms with van der Waals surface area (Å²) in [5, 5.41) is 3.05. The van der Waals surface area contributed by atoms with Crippen molar-refractivity contribution in [3.63, 3.8) is 0 Å². The third-order valence-electron chi connectivity index (χ3n) is 5.90. The average molecular weight is 463 g/mol. The molecule has 3 aromatic rings. The summed E-state index contributed by atoms with van der Waals surface area (Å²) < 4.78 is 8.26. The van der Waals surface area contributed by atoms with E-state index in [1.54, 1.807) is 4.90 Å². The quantitative estimate of drug-likeness (QED) is 0.314. The van der Waals surface area contributed by atoms with Gasteiger partial charge in [-0.05, 0) is 38.8 Å². The van der Waals surface area contributed by atoms with E-state index < -0.39 is 0 Å². The van der Waals surface area contributed by atoms with Crippen LogP contribution in [0.15, 0.2) is 67.0 Å². The molecule has 182 valence electrons. The fourth-order valence-corrected chi connectivity index (χ4v) is 3.96. The first-order chi connectivity index (χ1) is 16.6. The summed E-state index contributed by atoms with van der Waals surface area (Å²) in [6.07, 6.45) is 5.96. The minimum Gasteiger partial charge on any atom is -0.377 e. The molecular formula is C28H38N4O2. The number of benzene rings is 2. The van der Waals surface area contributed by atoms with Crippen LogP contribution in [0.3, 0.4) is 0 Å². The lowest BCUT2D eigenvalue weighted by molar-refractivity contribution is 0.0674. The summed E-state index contributed by atoms with van der Waals surface area (Å²) in [5.41, 5.74) is 4.21. The Morgan fingerprint density at radius 1 is 1.06 bits per heavy atom. The SMILES string of the molecule is CCCCCNC(=O)N(CC(C)OCCCn1cnc(-c2ccccc2)c1C)c1ccccc1. The number of amides is 2. The Hall–Kier alpha value is -3.12. The number of hydrogen-bond acceptors (Lipinski definition) is 3. The number of aromatic nitrogens is 2. The van der Waals surface area contributed by atoms with Gasteiger partial charge >= 0.3 is 6.03 Å². The molecule has 0 aliphatic carbocycles. The molecule has 6 nitrogen and oxygen atoms in total. The van der Waals surface area contributed by atoms with E-state index in [2.05, 4.69) is 40.8 Å². The lowest BCUT2D eigenvalue weighted by Crippen LogP contribution is -2.44. The second kappa shape index (κ2) is 13.6. The summed E-state index contributed by atoms with van der Waals surface area (Å²) in [6.45, 7) is 8.96. The molecule has 0 saturated carbocycles. The van der Waals surface area contributed by atoms with Crippen molar-refractivity contribution in [2.75, 3.05) is 24.6 Å². The van der Waals surface area contributed by atoms with Gasteiger partial charge in [-0.15, -0.1) is 0 Å². The molecule has 1 N–H and O–H groups in total. The van der Waals surface area contributed by atoms with Crippen molar-refractivity contribution < 1.29 is 9.53 Å². The van der Waals surface area contributed by atoms with Gasteiger partial charge in [0.2, 0.25) is 0 Å². The molecule has 0 aliphatic heterocycles. The maximum Gasteiger partial charge on any atom is 0.321 e. The summed E-state index contributed by atoms with van der Waals surface area (Å²) >= 11 is 0. The highest BCUT2D eigenvalue weighted by atomic mass is 16.5. The number of urea groups is 1. The van der Waals surface area contributed by atoms with Gasteiger partial charge in [0.1, 0.15) is 0 Å². The van der Waals surface area contributed by atoms with Gasteiger partial charge in [0.15, 0.2) is 0 Å². The number of unbranched alkanes of at least 4 members (excludes halogenated alkanes) is 2. The monoisotopic (exact) mass is 462 g/mol. The van der Waals surface area contributed by atoms with Crippen LogP contribution in [0.2, 0.25) is 0 Å². The molecule has 0 aliphatic rings. The first kappa shape index (κ1) is 25.5. The van der Waals surface area contributed by atoms with Crippen LogP contribution in [0.1, 0.15) is 45.2 Å². The van der Waals surface area contributed by atoms with Crippen LogP contribution in [0.4, 0.5) is 10.5 Å². The van der Waals surface area contributed by atoms with Gasteiger partial charge in [-0.3, -0.25) is 4.90 Å². The van der Waals surface area contributed by atoms with Gasteiger partial charge in [0.05, 0.1) is 24.7 Å². The Morgan fingerprint density at radius 3 is 2.47 bits per heavy atom. The van der Waals surface area contributed by atoms with Gasteiger partial charge < -0.3 is 14.6 Å². The van der Waals surface area contributed by atoms with E-state index in [0.717, 1.165) is 54.9 Å². The van der Waals surface area contributed by atoms with Crippen molar-refractivity contribution in [2.24, 2.45) is 0 Å². The highest BCUT2D eigenvalue weighted by Crippen LogP contribution is 2.21. The second-order valence-corrected chi connectivity index (χ2v) is 8.66. The van der Waals surface area contributed by atoms with Crippen molar-refractivity contribution in [1.82, 2.24) is 14.9 Å². The molecule has 3 rings (SSSR count). The van der Waals surface area contributed by atoms with Gasteiger partial charge in [0.25, 0.3) is 0 Å². The Labute approximate surface area is 204 Å². The van der Waals surface area contributed by atoms with Crippen molar-refractivity contribution >= 4 is 11.7 Å². The maximum atomic E-state index is 12.9. The van der Waals surface area contributed by atoms with E-state index in [9.17, 15) is 4.79 Å². The normalized spacial score (nSPS) is 11.9. The number of nitrogens with zero attached hydrogens (tertiary/aromatic N) is 3. The predicted octanol–water partition coefficient (Wildman–Crippen LogP) is 6.06. The standard InChI is InChI=1S/C28H38N4O2/c1-4-5-12-18-29-28(33)32(26-16-10-7-11-17-26)21-23(2)34-20-13-19-31-22-30-27(24(31)3)25-14-8-6-9-15-25/h6-11,14-17,22-23H,4-5,12-13,18-21H2,1-3H3,(H,29,33). The number of rotatable bonds is 13. The predicted molar refractivity (Wildman–Crippen MR) is 139 cm³/mol. The zero-order valence-corrected chi connectivity index (χ0v) is 20.7. The molecular weight excluding hydrogens is 424 g/mol. The van der Waals surface area contributed by atoms with Crippen molar-refractivity contribution in [3.05, 3.63) is 72.7 Å².